The van der Waals surface area contributed by atoms with Gasteiger partial charge in [-0.15, -0.1) is 0 Å². The van der Waals surface area contributed by atoms with Crippen LogP contribution in [-0.4, -0.2) is 18.7 Å². The summed E-state index contributed by atoms with van der Waals surface area (Å²) >= 11 is 2.33. The molecule has 1 N–H and O–H groups in total. The summed E-state index contributed by atoms with van der Waals surface area (Å²) in [5.41, 5.74) is 0.261. The Bertz CT molecular complexity index is 409. The number of nitrogens with one attached hydrogen (secondary N) is 1. The van der Waals surface area contributed by atoms with Crippen LogP contribution >= 0.6 is 22.6 Å². The van der Waals surface area contributed by atoms with Crippen molar-refractivity contribution in [1.82, 2.24) is 5.32 Å². The molecule has 1 aromatic rings. The first kappa shape index (κ1) is 14.1. The summed E-state index contributed by atoms with van der Waals surface area (Å²) in [6.07, 6.45) is 2.60. The Morgan fingerprint density at radius 2 is 2.22 bits per heavy atom. The first-order valence-corrected chi connectivity index (χ1v) is 7.83. The van der Waals surface area contributed by atoms with Crippen molar-refractivity contribution >= 4 is 22.6 Å². The van der Waals surface area contributed by atoms with E-state index in [2.05, 4.69) is 72.9 Å². The molecule has 0 bridgehead atoms. The fraction of sp³-hybridized carbons (Fsp3) is 0.600. The number of halogens is 1. The Labute approximate surface area is 124 Å². The molecule has 0 saturated heterocycles. The van der Waals surface area contributed by atoms with E-state index >= 15 is 0 Å². The second-order valence-electron chi connectivity index (χ2n) is 5.27. The molecule has 1 fully saturated rings. The van der Waals surface area contributed by atoms with Crippen molar-refractivity contribution in [3.05, 3.63) is 27.8 Å². The van der Waals surface area contributed by atoms with Gasteiger partial charge in [-0.05, 0) is 53.8 Å². The highest BCUT2D eigenvalue weighted by Crippen LogP contribution is 2.46. The molecular formula is C15H22INO. The summed E-state index contributed by atoms with van der Waals surface area (Å²) < 4.78 is 7.40. The van der Waals surface area contributed by atoms with Gasteiger partial charge in [0.1, 0.15) is 11.9 Å². The summed E-state index contributed by atoms with van der Waals surface area (Å²) in [7, 11) is 0. The van der Waals surface area contributed by atoms with Gasteiger partial charge in [0.05, 0.1) is 0 Å². The molecule has 3 heteroatoms. The van der Waals surface area contributed by atoms with Crippen LogP contribution in [0.2, 0.25) is 0 Å². The van der Waals surface area contributed by atoms with Crippen LogP contribution in [0.4, 0.5) is 0 Å². The van der Waals surface area contributed by atoms with Crippen LogP contribution in [0.25, 0.3) is 0 Å². The molecule has 0 radical (unpaired) electrons. The van der Waals surface area contributed by atoms with Crippen LogP contribution in [0.1, 0.15) is 33.6 Å². The average Bonchev–Trinajstić information content (AvgIpc) is 2.36. The zero-order valence-corrected chi connectivity index (χ0v) is 13.5. The minimum Gasteiger partial charge on any atom is -0.490 e. The highest BCUT2D eigenvalue weighted by Gasteiger charge is 2.51. The van der Waals surface area contributed by atoms with E-state index in [1.54, 1.807) is 0 Å². The van der Waals surface area contributed by atoms with Crippen LogP contribution in [0.15, 0.2) is 24.3 Å². The van der Waals surface area contributed by atoms with Crippen LogP contribution in [-0.2, 0) is 0 Å². The highest BCUT2D eigenvalue weighted by molar-refractivity contribution is 14.1. The summed E-state index contributed by atoms with van der Waals surface area (Å²) in [5.74, 6) is 1.00. The molecule has 1 aromatic carbocycles. The molecule has 100 valence electrons. The fourth-order valence-corrected chi connectivity index (χ4v) is 3.26. The van der Waals surface area contributed by atoms with E-state index in [1.165, 1.54) is 3.57 Å². The third-order valence-electron chi connectivity index (χ3n) is 4.27. The molecule has 2 rings (SSSR count). The minimum absolute atomic E-state index is 0.261. The van der Waals surface area contributed by atoms with Gasteiger partial charge in [0.25, 0.3) is 0 Å². The van der Waals surface area contributed by atoms with Gasteiger partial charge < -0.3 is 10.1 Å². The number of benzene rings is 1. The van der Waals surface area contributed by atoms with E-state index in [4.69, 9.17) is 4.74 Å². The van der Waals surface area contributed by atoms with Crippen molar-refractivity contribution in [2.24, 2.45) is 5.41 Å². The van der Waals surface area contributed by atoms with Crippen LogP contribution in [0, 0.1) is 8.99 Å². The lowest BCUT2D eigenvalue weighted by atomic mass is 9.61. The molecule has 1 aliphatic carbocycles. The number of rotatable bonds is 5. The quantitative estimate of drug-likeness (QED) is 0.807. The van der Waals surface area contributed by atoms with Gasteiger partial charge in [0.2, 0.25) is 0 Å². The Hall–Kier alpha value is -0.290. The van der Waals surface area contributed by atoms with E-state index in [-0.39, 0.29) is 5.41 Å². The summed E-state index contributed by atoms with van der Waals surface area (Å²) in [6, 6.07) is 8.91. The highest BCUT2D eigenvalue weighted by atomic mass is 127. The largest absolute Gasteiger partial charge is 0.490 e. The van der Waals surface area contributed by atoms with Gasteiger partial charge in [-0.25, -0.2) is 0 Å². The van der Waals surface area contributed by atoms with Gasteiger partial charge in [-0.1, -0.05) is 26.8 Å². The molecule has 1 saturated carbocycles. The monoisotopic (exact) mass is 359 g/mol. The van der Waals surface area contributed by atoms with E-state index in [9.17, 15) is 0 Å². The maximum absolute atomic E-state index is 6.17. The Balaban J connectivity index is 2.03. The van der Waals surface area contributed by atoms with Gasteiger partial charge in [0.15, 0.2) is 0 Å². The summed E-state index contributed by atoms with van der Waals surface area (Å²) in [4.78, 5) is 0. The second kappa shape index (κ2) is 5.78. The summed E-state index contributed by atoms with van der Waals surface area (Å²) in [6.45, 7) is 7.80. The molecule has 0 amide bonds. The predicted octanol–water partition coefficient (Wildman–Crippen LogP) is 3.84. The van der Waals surface area contributed by atoms with Gasteiger partial charge in [-0.3, -0.25) is 0 Å². The molecular weight excluding hydrogens is 337 g/mol. The Kier molecular flexibility index (Phi) is 4.54. The lowest BCUT2D eigenvalue weighted by molar-refractivity contribution is -0.0697. The molecule has 0 aliphatic heterocycles. The minimum atomic E-state index is 0.261. The van der Waals surface area contributed by atoms with Crippen molar-refractivity contribution in [2.75, 3.05) is 6.54 Å². The normalized spacial score (nSPS) is 30.9. The van der Waals surface area contributed by atoms with Gasteiger partial charge >= 0.3 is 0 Å². The third kappa shape index (κ3) is 2.67. The summed E-state index contributed by atoms with van der Waals surface area (Å²) in [5, 5.41) is 3.57. The number of ether oxygens (including phenoxy) is 1. The average molecular weight is 359 g/mol. The molecule has 0 aromatic heterocycles. The Morgan fingerprint density at radius 3 is 2.83 bits per heavy atom. The molecule has 0 heterocycles. The zero-order chi connectivity index (χ0) is 13.2. The molecule has 18 heavy (non-hydrogen) atoms. The van der Waals surface area contributed by atoms with Crippen molar-refractivity contribution in [2.45, 2.75) is 45.8 Å². The first-order chi connectivity index (χ1) is 8.60. The smallest absolute Gasteiger partial charge is 0.120 e. The molecule has 1 aliphatic rings. The van der Waals surface area contributed by atoms with Crippen LogP contribution in [0.3, 0.4) is 0 Å². The van der Waals surface area contributed by atoms with E-state index in [0.29, 0.717) is 12.1 Å². The topological polar surface area (TPSA) is 21.3 Å². The van der Waals surface area contributed by atoms with Crippen molar-refractivity contribution in [3.8, 4) is 5.75 Å². The van der Waals surface area contributed by atoms with Gasteiger partial charge in [-0.2, -0.15) is 0 Å². The van der Waals surface area contributed by atoms with Crippen molar-refractivity contribution < 1.29 is 4.74 Å². The van der Waals surface area contributed by atoms with Gasteiger partial charge in [0, 0.05) is 21.4 Å². The van der Waals surface area contributed by atoms with E-state index < -0.39 is 0 Å². The fourth-order valence-electron chi connectivity index (χ4n) is 2.74. The molecule has 2 nitrogen and oxygen atoms in total. The lowest BCUT2D eigenvalue weighted by Gasteiger charge is -2.53. The molecule has 3 atom stereocenters. The first-order valence-electron chi connectivity index (χ1n) is 6.75. The third-order valence-corrected chi connectivity index (χ3v) is 4.94. The lowest BCUT2D eigenvalue weighted by Crippen LogP contribution is -2.63. The standard InChI is InChI=1S/C15H22INO/c1-4-15(3)13(17-5-2)10-14(15)18-12-8-6-7-11(16)9-12/h6-9,13-14,17H,4-5,10H2,1-3H3. The van der Waals surface area contributed by atoms with E-state index in [1.807, 2.05) is 0 Å². The number of hydrogen-bond donors (Lipinski definition) is 1. The second-order valence-corrected chi connectivity index (χ2v) is 6.51. The SMILES string of the molecule is CCNC1CC(Oc2cccc(I)c2)C1(C)CC. The molecule has 0 spiro atoms. The number of hydrogen-bond acceptors (Lipinski definition) is 2. The maximum Gasteiger partial charge on any atom is 0.120 e. The van der Waals surface area contributed by atoms with Crippen LogP contribution in [0.5, 0.6) is 5.75 Å². The zero-order valence-electron chi connectivity index (χ0n) is 11.4. The van der Waals surface area contributed by atoms with E-state index in [0.717, 1.165) is 25.1 Å². The molecule has 3 unspecified atom stereocenters. The van der Waals surface area contributed by atoms with Crippen molar-refractivity contribution in [3.63, 3.8) is 0 Å². The maximum atomic E-state index is 6.17. The van der Waals surface area contributed by atoms with Crippen LogP contribution < -0.4 is 10.1 Å². The Morgan fingerprint density at radius 1 is 1.44 bits per heavy atom. The van der Waals surface area contributed by atoms with Crippen molar-refractivity contribution in [1.29, 1.82) is 0 Å². The predicted molar refractivity (Wildman–Crippen MR) is 84.1 cm³/mol.